The molecule has 1 amide bonds. The van der Waals surface area contributed by atoms with E-state index in [1.54, 1.807) is 13.8 Å². The maximum atomic E-state index is 12.4. The monoisotopic (exact) mass is 411 g/mol. The molecule has 3 rings (SSSR count). The number of nitrogens with one attached hydrogen (secondary N) is 1. The Hall–Kier alpha value is -3.15. The molecule has 1 N–H and O–H groups in total. The Morgan fingerprint density at radius 2 is 2.18 bits per heavy atom. The van der Waals surface area contributed by atoms with Crippen molar-refractivity contribution in [2.75, 3.05) is 5.32 Å². The predicted octanol–water partition coefficient (Wildman–Crippen LogP) is 3.59. The summed E-state index contributed by atoms with van der Waals surface area (Å²) in [5.41, 5.74) is 1.10. The number of thiazole rings is 1. The number of rotatable bonds is 7. The highest BCUT2D eigenvalue weighted by molar-refractivity contribution is 7.22. The first-order valence-corrected chi connectivity index (χ1v) is 8.89. The van der Waals surface area contributed by atoms with Gasteiger partial charge in [-0.25, -0.2) is 4.98 Å². The summed E-state index contributed by atoms with van der Waals surface area (Å²) in [5.74, 6) is -1.16. The Morgan fingerprint density at radius 3 is 2.82 bits per heavy atom. The number of anilines is 1. The van der Waals surface area contributed by atoms with Crippen LogP contribution in [0.5, 0.6) is 5.75 Å². The lowest BCUT2D eigenvalue weighted by Gasteiger charge is -2.09. The molecule has 2 heterocycles. The van der Waals surface area contributed by atoms with Gasteiger partial charge in [-0.3, -0.25) is 4.79 Å². The third kappa shape index (κ3) is 4.39. The zero-order valence-electron chi connectivity index (χ0n) is 14.8. The molecule has 1 unspecified atom stereocenters. The molecule has 0 spiro atoms. The van der Waals surface area contributed by atoms with Gasteiger partial charge in [-0.15, -0.1) is 0 Å². The van der Waals surface area contributed by atoms with Crippen molar-refractivity contribution >= 4 is 38.4 Å². The van der Waals surface area contributed by atoms with E-state index in [0.717, 1.165) is 11.3 Å². The maximum absolute atomic E-state index is 12.4. The van der Waals surface area contributed by atoms with Crippen molar-refractivity contribution in [2.45, 2.75) is 27.0 Å². The summed E-state index contributed by atoms with van der Waals surface area (Å²) in [6, 6.07) is 5.65. The number of hydrogen-bond donors (Lipinski definition) is 1. The van der Waals surface area contributed by atoms with Gasteiger partial charge in [0.15, 0.2) is 5.13 Å². The second kappa shape index (κ2) is 7.84. The van der Waals surface area contributed by atoms with Crippen molar-refractivity contribution in [3.8, 4) is 5.75 Å². The smallest absolute Gasteiger partial charge is 0.390 e. The number of nitro groups is 1. The Kier molecular flexibility index (Phi) is 5.49. The van der Waals surface area contributed by atoms with Crippen molar-refractivity contribution in [2.24, 2.45) is 5.92 Å². The zero-order chi connectivity index (χ0) is 20.4. The molecular formula is C16H15F2N5O4S. The number of hydrogen-bond acceptors (Lipinski definition) is 7. The molecule has 148 valence electrons. The average Bonchev–Trinajstić information content (AvgIpc) is 3.17. The number of aromatic nitrogens is 3. The molecule has 0 saturated carbocycles. The minimum Gasteiger partial charge on any atom is -0.435 e. The number of halogens is 2. The standard InChI is InChI=1S/C16H15F2N5O4S/c1-8(7-22-9(2)5-13(21-22)23(25)26)14(24)20-16-19-11-4-3-10(27-15(17)18)6-12(11)28-16/h3-6,8,15H,7H2,1-2H3,(H,19,20,24). The number of alkyl halides is 2. The van der Waals surface area contributed by atoms with Gasteiger partial charge in [0.25, 0.3) is 0 Å². The fraction of sp³-hybridized carbons (Fsp3) is 0.312. The quantitative estimate of drug-likeness (QED) is 0.470. The number of nitrogens with zero attached hydrogens (tertiary/aromatic N) is 4. The van der Waals surface area contributed by atoms with E-state index in [0.29, 0.717) is 21.0 Å². The van der Waals surface area contributed by atoms with E-state index in [4.69, 9.17) is 0 Å². The molecule has 0 bridgehead atoms. The molecule has 0 aliphatic rings. The molecule has 0 fully saturated rings. The third-order valence-corrected chi connectivity index (χ3v) is 4.80. The van der Waals surface area contributed by atoms with Crippen molar-refractivity contribution in [3.63, 3.8) is 0 Å². The van der Waals surface area contributed by atoms with Crippen LogP contribution in [0, 0.1) is 23.0 Å². The van der Waals surface area contributed by atoms with Crippen LogP contribution in [0.3, 0.4) is 0 Å². The Balaban J connectivity index is 1.69. The number of carbonyl (C=O) groups excluding carboxylic acids is 1. The van der Waals surface area contributed by atoms with Crippen LogP contribution in [0.25, 0.3) is 10.2 Å². The first-order chi connectivity index (χ1) is 13.2. The highest BCUT2D eigenvalue weighted by Crippen LogP contribution is 2.30. The van der Waals surface area contributed by atoms with Crippen LogP contribution in [-0.2, 0) is 11.3 Å². The molecule has 12 heteroatoms. The number of aryl methyl sites for hydroxylation is 1. The van der Waals surface area contributed by atoms with Gasteiger partial charge in [-0.05, 0) is 30.0 Å². The van der Waals surface area contributed by atoms with E-state index in [2.05, 4.69) is 20.1 Å². The summed E-state index contributed by atoms with van der Waals surface area (Å²) in [7, 11) is 0. The lowest BCUT2D eigenvalue weighted by molar-refractivity contribution is -0.389. The molecule has 9 nitrogen and oxygen atoms in total. The van der Waals surface area contributed by atoms with Gasteiger partial charge in [0.05, 0.1) is 39.5 Å². The van der Waals surface area contributed by atoms with Gasteiger partial charge in [-0.1, -0.05) is 18.3 Å². The third-order valence-electron chi connectivity index (χ3n) is 3.86. The number of fused-ring (bicyclic) bond motifs is 1. The summed E-state index contributed by atoms with van der Waals surface area (Å²) >= 11 is 1.12. The summed E-state index contributed by atoms with van der Waals surface area (Å²) in [4.78, 5) is 26.8. The second-order valence-electron chi connectivity index (χ2n) is 6.00. The summed E-state index contributed by atoms with van der Waals surface area (Å²) in [6.07, 6.45) is 0. The minimum absolute atomic E-state index is 0.00754. The first kappa shape index (κ1) is 19.6. The van der Waals surface area contributed by atoms with Crippen molar-refractivity contribution in [3.05, 3.63) is 40.1 Å². The Morgan fingerprint density at radius 1 is 1.43 bits per heavy atom. The van der Waals surface area contributed by atoms with Gasteiger partial charge < -0.3 is 20.2 Å². The summed E-state index contributed by atoms with van der Waals surface area (Å²) in [6.45, 7) is 0.552. The molecule has 2 aromatic heterocycles. The lowest BCUT2D eigenvalue weighted by Crippen LogP contribution is -2.25. The number of benzene rings is 1. The van der Waals surface area contributed by atoms with Crippen LogP contribution in [0.2, 0.25) is 0 Å². The zero-order valence-corrected chi connectivity index (χ0v) is 15.6. The van der Waals surface area contributed by atoms with Gasteiger partial charge >= 0.3 is 12.4 Å². The lowest BCUT2D eigenvalue weighted by atomic mass is 10.1. The Labute approximate surface area is 161 Å². The minimum atomic E-state index is -2.92. The SMILES string of the molecule is Cc1cc([N+](=O)[O-])nn1CC(C)C(=O)Nc1nc2ccc(OC(F)F)cc2s1. The number of amides is 1. The van der Waals surface area contributed by atoms with E-state index in [1.165, 1.54) is 28.9 Å². The van der Waals surface area contributed by atoms with E-state index in [9.17, 15) is 23.7 Å². The van der Waals surface area contributed by atoms with Crippen molar-refractivity contribution < 1.29 is 23.2 Å². The van der Waals surface area contributed by atoms with Crippen LogP contribution in [0.15, 0.2) is 24.3 Å². The van der Waals surface area contributed by atoms with Gasteiger partial charge in [0, 0.05) is 0 Å². The molecule has 28 heavy (non-hydrogen) atoms. The van der Waals surface area contributed by atoms with Gasteiger partial charge in [-0.2, -0.15) is 13.5 Å². The molecule has 0 aliphatic carbocycles. The molecule has 0 saturated heterocycles. The van der Waals surface area contributed by atoms with Crippen molar-refractivity contribution in [1.29, 1.82) is 0 Å². The number of ether oxygens (including phenoxy) is 1. The molecule has 1 aromatic carbocycles. The molecule has 1 atom stereocenters. The van der Waals surface area contributed by atoms with Crippen LogP contribution < -0.4 is 10.1 Å². The van der Waals surface area contributed by atoms with Crippen LogP contribution in [0.1, 0.15) is 12.6 Å². The van der Waals surface area contributed by atoms with E-state index < -0.39 is 17.5 Å². The summed E-state index contributed by atoms with van der Waals surface area (Å²) in [5, 5.41) is 17.6. The second-order valence-corrected chi connectivity index (χ2v) is 7.03. The van der Waals surface area contributed by atoms with E-state index in [1.807, 2.05) is 0 Å². The Bertz CT molecular complexity index is 1040. The predicted molar refractivity (Wildman–Crippen MR) is 97.7 cm³/mol. The largest absolute Gasteiger partial charge is 0.435 e. The van der Waals surface area contributed by atoms with Crippen LogP contribution >= 0.6 is 11.3 Å². The maximum Gasteiger partial charge on any atom is 0.390 e. The number of carbonyl (C=O) groups is 1. The fourth-order valence-electron chi connectivity index (χ4n) is 2.47. The highest BCUT2D eigenvalue weighted by atomic mass is 32.1. The van der Waals surface area contributed by atoms with E-state index in [-0.39, 0.29) is 24.0 Å². The molecule has 0 radical (unpaired) electrons. The van der Waals surface area contributed by atoms with Gasteiger partial charge in [0.1, 0.15) is 5.75 Å². The average molecular weight is 411 g/mol. The summed E-state index contributed by atoms with van der Waals surface area (Å²) < 4.78 is 30.9. The van der Waals surface area contributed by atoms with Crippen LogP contribution in [-0.4, -0.2) is 32.2 Å². The topological polar surface area (TPSA) is 112 Å². The van der Waals surface area contributed by atoms with E-state index >= 15 is 0 Å². The fourth-order valence-corrected chi connectivity index (χ4v) is 3.37. The van der Waals surface area contributed by atoms with Crippen molar-refractivity contribution in [1.82, 2.24) is 14.8 Å². The highest BCUT2D eigenvalue weighted by Gasteiger charge is 2.21. The molecule has 0 aliphatic heterocycles. The molecule has 3 aromatic rings. The van der Waals surface area contributed by atoms with Gasteiger partial charge in [0.2, 0.25) is 5.91 Å². The van der Waals surface area contributed by atoms with Crippen LogP contribution in [0.4, 0.5) is 19.7 Å². The normalized spacial score (nSPS) is 12.3. The first-order valence-electron chi connectivity index (χ1n) is 8.08. The molecular weight excluding hydrogens is 396 g/mol.